The van der Waals surface area contributed by atoms with E-state index in [1.165, 1.54) is 24.3 Å². The number of halogens is 1. The number of rotatable bonds is 7. The third-order valence-corrected chi connectivity index (χ3v) is 6.29. The van der Waals surface area contributed by atoms with E-state index >= 15 is 0 Å². The van der Waals surface area contributed by atoms with Crippen molar-refractivity contribution in [2.75, 3.05) is 17.2 Å². The molecule has 0 radical (unpaired) electrons. The zero-order chi connectivity index (χ0) is 26.8. The van der Waals surface area contributed by atoms with E-state index in [1.807, 2.05) is 12.1 Å². The molecule has 12 heteroatoms. The first-order valence-corrected chi connectivity index (χ1v) is 12.0. The summed E-state index contributed by atoms with van der Waals surface area (Å²) in [6, 6.07) is 4.43. The van der Waals surface area contributed by atoms with Crippen molar-refractivity contribution in [1.82, 2.24) is 29.4 Å². The standard InChI is InChI=1S/C26H25FN8O3/c1-15-7-28-10-24(31-15)33-26(38)23-5-17(27)11-35(23)25(37)13-34-12-21(16(2)36)20-6-18(3-4-22(20)34)32-19-8-29-14-30-9-19/h3-4,6-10,12,14,17,23,32H,5,11,13H2,1-2H3,(H,31,33,38)/t17-,23+/m1/s1. The molecule has 0 spiro atoms. The summed E-state index contributed by atoms with van der Waals surface area (Å²) in [5, 5.41) is 6.47. The van der Waals surface area contributed by atoms with Crippen LogP contribution in [0.4, 0.5) is 21.6 Å². The third-order valence-electron chi connectivity index (χ3n) is 6.29. The Labute approximate surface area is 217 Å². The minimum absolute atomic E-state index is 0.111. The molecule has 38 heavy (non-hydrogen) atoms. The van der Waals surface area contributed by atoms with E-state index in [4.69, 9.17) is 0 Å². The molecule has 194 valence electrons. The molecular weight excluding hydrogens is 491 g/mol. The van der Waals surface area contributed by atoms with E-state index in [0.29, 0.717) is 27.8 Å². The quantitative estimate of drug-likeness (QED) is 0.358. The predicted molar refractivity (Wildman–Crippen MR) is 138 cm³/mol. The van der Waals surface area contributed by atoms with Gasteiger partial charge in [-0.3, -0.25) is 19.4 Å². The molecular formula is C26H25FN8O3. The molecule has 1 aromatic carbocycles. The maximum Gasteiger partial charge on any atom is 0.248 e. The average Bonchev–Trinajstić information content (AvgIpc) is 3.45. The number of Topliss-reactive ketones (excluding diaryl/α,β-unsaturated/α-hetero) is 1. The number of nitrogens with zero attached hydrogens (tertiary/aromatic N) is 6. The fourth-order valence-electron chi connectivity index (χ4n) is 4.60. The molecule has 4 heterocycles. The Morgan fingerprint density at radius 2 is 1.87 bits per heavy atom. The number of anilines is 3. The highest BCUT2D eigenvalue weighted by Gasteiger charge is 2.40. The van der Waals surface area contributed by atoms with Crippen molar-refractivity contribution in [1.29, 1.82) is 0 Å². The molecule has 2 atom stereocenters. The molecule has 2 amide bonds. The number of alkyl halides is 1. The fourth-order valence-corrected chi connectivity index (χ4v) is 4.60. The van der Waals surface area contributed by atoms with Crippen molar-refractivity contribution in [2.24, 2.45) is 0 Å². The lowest BCUT2D eigenvalue weighted by Crippen LogP contribution is -2.44. The number of carbonyl (C=O) groups is 3. The summed E-state index contributed by atoms with van der Waals surface area (Å²) < 4.78 is 16.1. The Morgan fingerprint density at radius 3 is 2.61 bits per heavy atom. The fraction of sp³-hybridized carbons (Fsp3) is 0.269. The van der Waals surface area contributed by atoms with Gasteiger partial charge in [0.25, 0.3) is 0 Å². The van der Waals surface area contributed by atoms with Gasteiger partial charge in [-0.25, -0.2) is 19.3 Å². The number of ketones is 1. The summed E-state index contributed by atoms with van der Waals surface area (Å²) in [7, 11) is 0. The van der Waals surface area contributed by atoms with E-state index in [9.17, 15) is 18.8 Å². The van der Waals surface area contributed by atoms with Gasteiger partial charge >= 0.3 is 0 Å². The van der Waals surface area contributed by atoms with Crippen molar-refractivity contribution in [3.63, 3.8) is 0 Å². The molecule has 1 fully saturated rings. The number of aryl methyl sites for hydroxylation is 1. The van der Waals surface area contributed by atoms with Crippen LogP contribution in [-0.2, 0) is 16.1 Å². The lowest BCUT2D eigenvalue weighted by molar-refractivity contribution is -0.137. The summed E-state index contributed by atoms with van der Waals surface area (Å²) in [4.78, 5) is 56.0. The van der Waals surface area contributed by atoms with E-state index in [1.54, 1.807) is 42.3 Å². The second-order valence-electron chi connectivity index (χ2n) is 9.14. The van der Waals surface area contributed by atoms with Gasteiger partial charge < -0.3 is 20.1 Å². The van der Waals surface area contributed by atoms with Gasteiger partial charge in [0.1, 0.15) is 25.1 Å². The van der Waals surface area contributed by atoms with Crippen LogP contribution in [0.3, 0.4) is 0 Å². The van der Waals surface area contributed by atoms with E-state index in [-0.39, 0.29) is 31.1 Å². The lowest BCUT2D eigenvalue weighted by Gasteiger charge is -2.24. The third kappa shape index (κ3) is 5.19. The number of amides is 2. The average molecular weight is 517 g/mol. The topological polar surface area (TPSA) is 135 Å². The van der Waals surface area contributed by atoms with Crippen LogP contribution in [0, 0.1) is 6.92 Å². The monoisotopic (exact) mass is 516 g/mol. The molecule has 2 N–H and O–H groups in total. The predicted octanol–water partition coefficient (Wildman–Crippen LogP) is 3.05. The molecule has 0 bridgehead atoms. The molecule has 5 rings (SSSR count). The summed E-state index contributed by atoms with van der Waals surface area (Å²) >= 11 is 0. The first-order valence-electron chi connectivity index (χ1n) is 12.0. The van der Waals surface area contributed by atoms with Gasteiger partial charge in [-0.1, -0.05) is 0 Å². The Kier molecular flexibility index (Phi) is 6.77. The van der Waals surface area contributed by atoms with Gasteiger partial charge in [0.05, 0.1) is 36.5 Å². The van der Waals surface area contributed by atoms with Crippen LogP contribution in [0.15, 0.2) is 55.5 Å². The number of aromatic nitrogens is 5. The van der Waals surface area contributed by atoms with E-state index in [2.05, 4.69) is 30.6 Å². The van der Waals surface area contributed by atoms with Crippen molar-refractivity contribution in [3.05, 3.63) is 66.8 Å². The number of likely N-dealkylation sites (tertiary alicyclic amines) is 1. The van der Waals surface area contributed by atoms with Gasteiger partial charge in [-0.05, 0) is 32.0 Å². The second-order valence-corrected chi connectivity index (χ2v) is 9.14. The minimum Gasteiger partial charge on any atom is -0.353 e. The van der Waals surface area contributed by atoms with Crippen LogP contribution in [0.5, 0.6) is 0 Å². The van der Waals surface area contributed by atoms with Gasteiger partial charge in [-0.15, -0.1) is 0 Å². The Morgan fingerprint density at radius 1 is 1.08 bits per heavy atom. The molecule has 0 saturated carbocycles. The summed E-state index contributed by atoms with van der Waals surface area (Å²) in [5.41, 5.74) is 3.11. The highest BCUT2D eigenvalue weighted by molar-refractivity contribution is 6.08. The maximum atomic E-state index is 14.4. The molecule has 1 saturated heterocycles. The zero-order valence-corrected chi connectivity index (χ0v) is 20.8. The van der Waals surface area contributed by atoms with Crippen LogP contribution in [0.2, 0.25) is 0 Å². The molecule has 0 aliphatic carbocycles. The second kappa shape index (κ2) is 10.3. The number of carbonyl (C=O) groups excluding carboxylic acids is 3. The molecule has 1 aliphatic heterocycles. The first kappa shape index (κ1) is 24.9. The zero-order valence-electron chi connectivity index (χ0n) is 20.8. The van der Waals surface area contributed by atoms with Crippen LogP contribution < -0.4 is 10.6 Å². The van der Waals surface area contributed by atoms with Crippen LogP contribution >= 0.6 is 0 Å². The lowest BCUT2D eigenvalue weighted by atomic mass is 10.1. The largest absolute Gasteiger partial charge is 0.353 e. The van der Waals surface area contributed by atoms with Crippen molar-refractivity contribution < 1.29 is 18.8 Å². The first-order chi connectivity index (χ1) is 18.3. The Balaban J connectivity index is 1.38. The van der Waals surface area contributed by atoms with Crippen LogP contribution in [0.1, 0.15) is 29.4 Å². The SMILES string of the molecule is CC(=O)c1cn(CC(=O)N2C[C@H](F)C[C@H]2C(=O)Nc2cncc(C)n2)c2ccc(Nc3cncnc3)cc12. The Bertz CT molecular complexity index is 1520. The summed E-state index contributed by atoms with van der Waals surface area (Å²) in [5.74, 6) is -0.890. The van der Waals surface area contributed by atoms with Gasteiger partial charge in [0.2, 0.25) is 11.8 Å². The number of hydrogen-bond acceptors (Lipinski definition) is 8. The highest BCUT2D eigenvalue weighted by Crippen LogP contribution is 2.28. The van der Waals surface area contributed by atoms with Crippen molar-refractivity contribution >= 4 is 45.7 Å². The maximum absolute atomic E-state index is 14.4. The molecule has 1 aliphatic rings. The van der Waals surface area contributed by atoms with Crippen LogP contribution in [-0.4, -0.2) is 65.8 Å². The number of benzene rings is 1. The number of nitrogens with one attached hydrogen (secondary N) is 2. The minimum atomic E-state index is -1.33. The molecule has 3 aromatic heterocycles. The summed E-state index contributed by atoms with van der Waals surface area (Å²) in [6.45, 7) is 2.83. The van der Waals surface area contributed by atoms with Crippen LogP contribution in [0.25, 0.3) is 10.9 Å². The number of fused-ring (bicyclic) bond motifs is 1. The number of hydrogen-bond donors (Lipinski definition) is 2. The van der Waals surface area contributed by atoms with Gasteiger partial charge in [0.15, 0.2) is 11.6 Å². The van der Waals surface area contributed by atoms with E-state index in [0.717, 1.165) is 5.69 Å². The van der Waals surface area contributed by atoms with Gasteiger partial charge in [0, 0.05) is 41.0 Å². The molecule has 0 unspecified atom stereocenters. The highest BCUT2D eigenvalue weighted by atomic mass is 19.1. The van der Waals surface area contributed by atoms with Crippen molar-refractivity contribution in [3.8, 4) is 0 Å². The summed E-state index contributed by atoms with van der Waals surface area (Å²) in [6.07, 6.45) is 7.78. The molecule has 11 nitrogen and oxygen atoms in total. The smallest absolute Gasteiger partial charge is 0.248 e. The van der Waals surface area contributed by atoms with Crippen molar-refractivity contribution in [2.45, 2.75) is 39.0 Å². The molecule has 4 aromatic rings. The van der Waals surface area contributed by atoms with Gasteiger partial charge in [-0.2, -0.15) is 0 Å². The van der Waals surface area contributed by atoms with E-state index < -0.39 is 24.0 Å². The Hall–Kier alpha value is -4.74. The normalized spacial score (nSPS) is 17.0.